The molecule has 1 aromatic rings. The first-order valence-corrected chi connectivity index (χ1v) is 6.06. The molecule has 21 heavy (non-hydrogen) atoms. The van der Waals surface area contributed by atoms with Crippen molar-refractivity contribution in [3.63, 3.8) is 0 Å². The molecule has 9 heteroatoms. The molecule has 0 bridgehead atoms. The molecule has 1 aliphatic rings. The average molecular weight is 308 g/mol. The Balaban J connectivity index is 2.25. The predicted octanol–water partition coefficient (Wildman–Crippen LogP) is 1.59. The number of hydrogen-bond acceptors (Lipinski definition) is 5. The highest BCUT2D eigenvalue weighted by Crippen LogP contribution is 2.29. The van der Waals surface area contributed by atoms with Crippen LogP contribution in [0, 0.1) is 23.5 Å². The monoisotopic (exact) mass is 308 g/mol. The van der Waals surface area contributed by atoms with Gasteiger partial charge in [0.05, 0.1) is 17.7 Å². The number of pyridine rings is 1. The zero-order valence-electron chi connectivity index (χ0n) is 10.9. The van der Waals surface area contributed by atoms with Crippen LogP contribution in [-0.4, -0.2) is 33.4 Å². The molecule has 1 aliphatic heterocycles. The van der Waals surface area contributed by atoms with Crippen molar-refractivity contribution in [2.24, 2.45) is 4.99 Å². The van der Waals surface area contributed by atoms with Crippen LogP contribution in [0.1, 0.15) is 31.4 Å². The first-order valence-electron chi connectivity index (χ1n) is 6.06. The van der Waals surface area contributed by atoms with E-state index in [1.54, 1.807) is 0 Å². The smallest absolute Gasteiger partial charge is 0.252 e. The van der Waals surface area contributed by atoms with Gasteiger partial charge in [-0.05, 0) is 0 Å². The molecule has 0 amide bonds. The lowest BCUT2D eigenvalue weighted by molar-refractivity contribution is -0.0507. The summed E-state index contributed by atoms with van der Waals surface area (Å²) in [5.41, 5.74) is -1.14. The number of aliphatic imine (C=N–C) groups is 1. The topological polar surface area (TPSA) is 74.9 Å². The summed E-state index contributed by atoms with van der Waals surface area (Å²) in [6.45, 7) is 1.45. The average Bonchev–Trinajstić information content (AvgIpc) is 2.35. The Morgan fingerprint density at radius 2 is 1.81 bits per heavy atom. The van der Waals surface area contributed by atoms with Crippen LogP contribution in [0.2, 0.25) is 0 Å². The van der Waals surface area contributed by atoms with Crippen LogP contribution in [0.5, 0.6) is 0 Å². The third-order valence-electron chi connectivity index (χ3n) is 3.00. The van der Waals surface area contributed by atoms with Gasteiger partial charge in [-0.15, -0.1) is 0 Å². The number of nitrogens with zero attached hydrogens (tertiary/aromatic N) is 2. The molecule has 1 aromatic heterocycles. The van der Waals surface area contributed by atoms with Gasteiger partial charge in [0.1, 0.15) is 0 Å². The Morgan fingerprint density at radius 1 is 1.24 bits per heavy atom. The van der Waals surface area contributed by atoms with E-state index in [2.05, 4.69) is 9.98 Å². The van der Waals surface area contributed by atoms with Crippen molar-refractivity contribution in [1.29, 1.82) is 0 Å². The second-order valence-corrected chi connectivity index (χ2v) is 4.60. The van der Waals surface area contributed by atoms with Gasteiger partial charge in [0, 0.05) is 19.8 Å². The number of ether oxygens (including phenoxy) is 1. The number of rotatable bonds is 3. The van der Waals surface area contributed by atoms with E-state index in [0.717, 1.165) is 0 Å². The maximum absolute atomic E-state index is 13.5. The van der Waals surface area contributed by atoms with Crippen molar-refractivity contribution in [2.45, 2.75) is 38.2 Å². The van der Waals surface area contributed by atoms with Gasteiger partial charge in [0.15, 0.2) is 17.5 Å². The first-order chi connectivity index (χ1) is 9.79. The SMILES string of the molecule is CC1=NC(CC(O)c2c(F)c(F)nc(F)c2F)CC(O)O1. The lowest BCUT2D eigenvalue weighted by Crippen LogP contribution is -2.29. The van der Waals surface area contributed by atoms with Crippen molar-refractivity contribution in [3.8, 4) is 0 Å². The zero-order valence-corrected chi connectivity index (χ0v) is 10.9. The molecular weight excluding hydrogens is 296 g/mol. The summed E-state index contributed by atoms with van der Waals surface area (Å²) in [6.07, 6.45) is -3.37. The summed E-state index contributed by atoms with van der Waals surface area (Å²) in [5, 5.41) is 19.2. The maximum Gasteiger partial charge on any atom is 0.252 e. The Morgan fingerprint density at radius 3 is 2.33 bits per heavy atom. The molecule has 0 saturated carbocycles. The molecule has 0 fully saturated rings. The number of hydrogen-bond donors (Lipinski definition) is 2. The van der Waals surface area contributed by atoms with Crippen LogP contribution in [0.25, 0.3) is 0 Å². The Bertz CT molecular complexity index is 556. The molecule has 3 atom stereocenters. The van der Waals surface area contributed by atoms with Gasteiger partial charge in [-0.3, -0.25) is 4.99 Å². The third kappa shape index (κ3) is 3.30. The first kappa shape index (κ1) is 15.6. The van der Waals surface area contributed by atoms with Crippen LogP contribution in [0.15, 0.2) is 4.99 Å². The molecule has 0 aliphatic carbocycles. The fraction of sp³-hybridized carbons (Fsp3) is 0.500. The summed E-state index contributed by atoms with van der Waals surface area (Å²) in [7, 11) is 0. The van der Waals surface area contributed by atoms with Gasteiger partial charge in [-0.25, -0.2) is 8.78 Å². The minimum absolute atomic E-state index is 0.0202. The highest BCUT2D eigenvalue weighted by molar-refractivity contribution is 5.73. The minimum atomic E-state index is -1.84. The summed E-state index contributed by atoms with van der Waals surface area (Å²) in [6, 6.07) is -0.707. The Hall–Kier alpha value is -1.74. The predicted molar refractivity (Wildman–Crippen MR) is 62.3 cm³/mol. The van der Waals surface area contributed by atoms with Crippen LogP contribution < -0.4 is 0 Å². The van der Waals surface area contributed by atoms with Crippen LogP contribution in [0.3, 0.4) is 0 Å². The van der Waals surface area contributed by atoms with E-state index in [-0.39, 0.29) is 18.7 Å². The van der Waals surface area contributed by atoms with Crippen LogP contribution in [-0.2, 0) is 4.74 Å². The number of aromatic nitrogens is 1. The molecule has 5 nitrogen and oxygen atoms in total. The molecule has 0 aromatic carbocycles. The Labute approximate surface area is 116 Å². The van der Waals surface area contributed by atoms with Gasteiger partial charge in [-0.1, -0.05) is 0 Å². The minimum Gasteiger partial charge on any atom is -0.453 e. The van der Waals surface area contributed by atoms with E-state index in [4.69, 9.17) is 4.74 Å². The number of aliphatic hydroxyl groups excluding tert-OH is 2. The lowest BCUT2D eigenvalue weighted by atomic mass is 9.99. The van der Waals surface area contributed by atoms with Crippen molar-refractivity contribution in [2.75, 3.05) is 0 Å². The highest BCUT2D eigenvalue weighted by atomic mass is 19.2. The van der Waals surface area contributed by atoms with Crippen LogP contribution >= 0.6 is 0 Å². The summed E-state index contributed by atoms with van der Waals surface area (Å²) in [5.74, 6) is -7.05. The van der Waals surface area contributed by atoms with Crippen molar-refractivity contribution in [1.82, 2.24) is 4.98 Å². The van der Waals surface area contributed by atoms with Gasteiger partial charge < -0.3 is 14.9 Å². The van der Waals surface area contributed by atoms with Gasteiger partial charge in [-0.2, -0.15) is 13.8 Å². The van der Waals surface area contributed by atoms with Crippen molar-refractivity contribution >= 4 is 5.90 Å². The second kappa shape index (κ2) is 5.94. The molecule has 0 saturated heterocycles. The van der Waals surface area contributed by atoms with E-state index in [1.807, 2.05) is 0 Å². The molecule has 3 unspecified atom stereocenters. The quantitative estimate of drug-likeness (QED) is 0.657. The normalized spacial score (nSPS) is 23.5. The fourth-order valence-electron chi connectivity index (χ4n) is 2.14. The highest BCUT2D eigenvalue weighted by Gasteiger charge is 2.30. The van der Waals surface area contributed by atoms with Gasteiger partial charge in [0.2, 0.25) is 6.29 Å². The lowest BCUT2D eigenvalue weighted by Gasteiger charge is -2.25. The molecule has 116 valence electrons. The van der Waals surface area contributed by atoms with Gasteiger partial charge >= 0.3 is 0 Å². The summed E-state index contributed by atoms with van der Waals surface area (Å²) in [4.78, 5) is 6.33. The van der Waals surface area contributed by atoms with E-state index >= 15 is 0 Å². The standard InChI is InChI=1S/C12H12F4N2O3/c1-4-17-5(3-7(20)21-4)2-6(19)8-9(13)11(15)18-12(16)10(8)14/h5-7,19-20H,2-3H2,1H3. The van der Waals surface area contributed by atoms with E-state index in [1.165, 1.54) is 6.92 Å². The van der Waals surface area contributed by atoms with Crippen molar-refractivity contribution in [3.05, 3.63) is 29.1 Å². The van der Waals surface area contributed by atoms with Crippen LogP contribution in [0.4, 0.5) is 17.6 Å². The zero-order chi connectivity index (χ0) is 15.7. The number of aliphatic hydroxyl groups is 2. The molecular formula is C12H12F4N2O3. The van der Waals surface area contributed by atoms with E-state index in [9.17, 15) is 27.8 Å². The Kier molecular flexibility index (Phi) is 4.43. The molecule has 2 heterocycles. The summed E-state index contributed by atoms with van der Waals surface area (Å²) < 4.78 is 57.8. The van der Waals surface area contributed by atoms with Crippen molar-refractivity contribution < 1.29 is 32.5 Å². The third-order valence-corrected chi connectivity index (χ3v) is 3.00. The molecule has 0 spiro atoms. The fourth-order valence-corrected chi connectivity index (χ4v) is 2.14. The summed E-state index contributed by atoms with van der Waals surface area (Å²) >= 11 is 0. The molecule has 2 rings (SSSR count). The molecule has 0 radical (unpaired) electrons. The molecule has 2 N–H and O–H groups in total. The van der Waals surface area contributed by atoms with Gasteiger partial charge in [0.25, 0.3) is 11.9 Å². The number of halogens is 4. The second-order valence-electron chi connectivity index (χ2n) is 4.60. The van der Waals surface area contributed by atoms with E-state index < -0.39 is 47.5 Å². The largest absolute Gasteiger partial charge is 0.453 e. The van der Waals surface area contributed by atoms with E-state index in [0.29, 0.717) is 0 Å². The maximum atomic E-state index is 13.5.